The standard InChI is InChI=1S/C22H21F2N3O4/c23-16-6-13-19(27(12-3-4-12)10-15(21(13)28)22(29)30)18(24)20(16)26-8-11(7-25)14(9-26)17-2-1-5-31-17/h1-2,5-6,10-12,14H,3-4,7-9,25H2,(H,29,30)/t11-,14-/m1/s1. The minimum Gasteiger partial charge on any atom is -0.477 e. The molecule has 1 saturated heterocycles. The predicted octanol–water partition coefficient (Wildman–Crippen LogP) is 3.08. The summed E-state index contributed by atoms with van der Waals surface area (Å²) < 4.78 is 37.9. The van der Waals surface area contributed by atoms with Crippen LogP contribution in [0.15, 0.2) is 39.9 Å². The molecule has 9 heteroatoms. The highest BCUT2D eigenvalue weighted by molar-refractivity contribution is 5.94. The van der Waals surface area contributed by atoms with E-state index in [0.717, 1.165) is 18.9 Å². The first kappa shape index (κ1) is 19.7. The number of anilines is 1. The van der Waals surface area contributed by atoms with Crippen LogP contribution in [0, 0.1) is 17.6 Å². The summed E-state index contributed by atoms with van der Waals surface area (Å²) in [6.07, 6.45) is 4.20. The van der Waals surface area contributed by atoms with Crippen LogP contribution in [-0.4, -0.2) is 35.3 Å². The fourth-order valence-electron chi connectivity index (χ4n) is 4.63. The molecule has 3 heterocycles. The fourth-order valence-corrected chi connectivity index (χ4v) is 4.63. The van der Waals surface area contributed by atoms with E-state index in [1.54, 1.807) is 17.2 Å². The number of carboxylic acid groups (broad SMARTS) is 1. The van der Waals surface area contributed by atoms with Crippen LogP contribution < -0.4 is 16.1 Å². The lowest BCUT2D eigenvalue weighted by Crippen LogP contribution is -2.26. The van der Waals surface area contributed by atoms with E-state index in [2.05, 4.69) is 0 Å². The Balaban J connectivity index is 1.67. The summed E-state index contributed by atoms with van der Waals surface area (Å²) >= 11 is 0. The molecule has 1 aliphatic heterocycles. The molecule has 0 unspecified atom stereocenters. The van der Waals surface area contributed by atoms with Gasteiger partial charge in [0.1, 0.15) is 22.8 Å². The van der Waals surface area contributed by atoms with E-state index in [1.807, 2.05) is 6.07 Å². The highest BCUT2D eigenvalue weighted by Crippen LogP contribution is 2.42. The smallest absolute Gasteiger partial charge is 0.341 e. The van der Waals surface area contributed by atoms with E-state index in [9.17, 15) is 14.7 Å². The van der Waals surface area contributed by atoms with Gasteiger partial charge in [-0.05, 0) is 37.6 Å². The molecule has 31 heavy (non-hydrogen) atoms. The number of nitrogens with zero attached hydrogens (tertiary/aromatic N) is 2. The topological polar surface area (TPSA) is 102 Å². The Labute approximate surface area is 175 Å². The molecule has 2 fully saturated rings. The maximum Gasteiger partial charge on any atom is 0.341 e. The van der Waals surface area contributed by atoms with Crippen molar-refractivity contribution in [3.63, 3.8) is 0 Å². The lowest BCUT2D eigenvalue weighted by molar-refractivity contribution is 0.0694. The van der Waals surface area contributed by atoms with Crippen LogP contribution in [0.2, 0.25) is 0 Å². The van der Waals surface area contributed by atoms with Crippen LogP contribution in [0.1, 0.15) is 40.9 Å². The number of hydrogen-bond acceptors (Lipinski definition) is 5. The molecule has 3 N–H and O–H groups in total. The number of pyridine rings is 1. The van der Waals surface area contributed by atoms with E-state index in [4.69, 9.17) is 10.2 Å². The molecule has 1 aromatic carbocycles. The monoisotopic (exact) mass is 429 g/mol. The number of furan rings is 1. The van der Waals surface area contributed by atoms with Crippen molar-refractivity contribution in [2.75, 3.05) is 24.5 Å². The highest BCUT2D eigenvalue weighted by Gasteiger charge is 2.38. The molecule has 1 aliphatic carbocycles. The molecule has 1 saturated carbocycles. The highest BCUT2D eigenvalue weighted by atomic mass is 19.1. The Hall–Kier alpha value is -3.20. The zero-order valence-corrected chi connectivity index (χ0v) is 16.6. The fraction of sp³-hybridized carbons (Fsp3) is 0.364. The predicted molar refractivity (Wildman–Crippen MR) is 110 cm³/mol. The Kier molecular flexibility index (Phi) is 4.58. The molecule has 162 valence electrons. The largest absolute Gasteiger partial charge is 0.477 e. The molecular weight excluding hydrogens is 408 g/mol. The Bertz CT molecular complexity index is 1230. The van der Waals surface area contributed by atoms with Crippen molar-refractivity contribution in [1.29, 1.82) is 0 Å². The van der Waals surface area contributed by atoms with Crippen LogP contribution in [-0.2, 0) is 0 Å². The lowest BCUT2D eigenvalue weighted by atomic mass is 9.94. The van der Waals surface area contributed by atoms with Gasteiger partial charge in [-0.2, -0.15) is 0 Å². The SMILES string of the molecule is NC[C@@H]1CN(c2c(F)cc3c(=O)c(C(=O)O)cn(C4CC4)c3c2F)C[C@H]1c1ccco1. The Morgan fingerprint density at radius 3 is 2.68 bits per heavy atom. The third-order valence-electron chi connectivity index (χ3n) is 6.32. The summed E-state index contributed by atoms with van der Waals surface area (Å²) in [5, 5.41) is 9.10. The van der Waals surface area contributed by atoms with Crippen molar-refractivity contribution < 1.29 is 23.1 Å². The number of carboxylic acids is 1. The summed E-state index contributed by atoms with van der Waals surface area (Å²) in [7, 11) is 0. The first-order chi connectivity index (χ1) is 14.9. The summed E-state index contributed by atoms with van der Waals surface area (Å²) in [4.78, 5) is 25.7. The van der Waals surface area contributed by atoms with E-state index < -0.39 is 28.6 Å². The van der Waals surface area contributed by atoms with Crippen LogP contribution in [0.3, 0.4) is 0 Å². The maximum atomic E-state index is 15.8. The molecule has 5 rings (SSSR count). The van der Waals surface area contributed by atoms with Gasteiger partial charge >= 0.3 is 5.97 Å². The Morgan fingerprint density at radius 2 is 2.06 bits per heavy atom. The van der Waals surface area contributed by atoms with Gasteiger partial charge < -0.3 is 24.7 Å². The number of hydrogen-bond donors (Lipinski definition) is 2. The lowest BCUT2D eigenvalue weighted by Gasteiger charge is -2.22. The molecule has 7 nitrogen and oxygen atoms in total. The number of fused-ring (bicyclic) bond motifs is 1. The number of carbonyl (C=O) groups is 1. The van der Waals surface area contributed by atoms with Crippen molar-refractivity contribution in [2.45, 2.75) is 24.8 Å². The van der Waals surface area contributed by atoms with Crippen molar-refractivity contribution in [3.8, 4) is 0 Å². The average Bonchev–Trinajstić information content (AvgIpc) is 3.26. The Morgan fingerprint density at radius 1 is 1.29 bits per heavy atom. The minimum atomic E-state index is -1.42. The first-order valence-corrected chi connectivity index (χ1v) is 10.2. The van der Waals surface area contributed by atoms with Gasteiger partial charge in [0.15, 0.2) is 5.82 Å². The first-order valence-electron chi connectivity index (χ1n) is 10.2. The molecule has 2 aliphatic rings. The van der Waals surface area contributed by atoms with E-state index in [-0.39, 0.29) is 34.5 Å². The number of halogens is 2. The second kappa shape index (κ2) is 7.19. The van der Waals surface area contributed by atoms with Gasteiger partial charge in [0.05, 0.1) is 17.2 Å². The van der Waals surface area contributed by atoms with Gasteiger partial charge in [-0.1, -0.05) is 0 Å². The van der Waals surface area contributed by atoms with Crippen molar-refractivity contribution >= 4 is 22.6 Å². The van der Waals surface area contributed by atoms with Gasteiger partial charge in [0, 0.05) is 37.2 Å². The molecule has 0 spiro atoms. The third-order valence-corrected chi connectivity index (χ3v) is 6.32. The zero-order chi connectivity index (χ0) is 21.9. The van der Waals surface area contributed by atoms with Crippen molar-refractivity contribution in [2.24, 2.45) is 11.7 Å². The van der Waals surface area contributed by atoms with Crippen molar-refractivity contribution in [3.05, 3.63) is 63.8 Å². The molecule has 0 radical (unpaired) electrons. The molecular formula is C22H21F2N3O4. The van der Waals surface area contributed by atoms with Gasteiger partial charge in [-0.15, -0.1) is 0 Å². The van der Waals surface area contributed by atoms with Crippen LogP contribution in [0.5, 0.6) is 0 Å². The second-order valence-corrected chi connectivity index (χ2v) is 8.26. The second-order valence-electron chi connectivity index (χ2n) is 8.26. The molecule has 3 aromatic rings. The van der Waals surface area contributed by atoms with Crippen LogP contribution >= 0.6 is 0 Å². The quantitative estimate of drug-likeness (QED) is 0.646. The van der Waals surface area contributed by atoms with Crippen LogP contribution in [0.25, 0.3) is 10.9 Å². The normalized spacial score (nSPS) is 21.2. The summed E-state index contributed by atoms with van der Waals surface area (Å²) in [5.74, 6) is -2.64. The van der Waals surface area contributed by atoms with Gasteiger partial charge in [-0.25, -0.2) is 13.6 Å². The molecule has 2 aromatic heterocycles. The maximum absolute atomic E-state index is 15.8. The summed E-state index contributed by atoms with van der Waals surface area (Å²) in [5.41, 5.74) is 4.25. The van der Waals surface area contributed by atoms with E-state index in [0.29, 0.717) is 25.4 Å². The zero-order valence-electron chi connectivity index (χ0n) is 16.6. The minimum absolute atomic E-state index is 0.0549. The number of benzene rings is 1. The van der Waals surface area contributed by atoms with E-state index in [1.165, 1.54) is 10.8 Å². The number of nitrogens with two attached hydrogens (primary N) is 1. The summed E-state index contributed by atoms with van der Waals surface area (Å²) in [6, 6.07) is 4.43. The van der Waals surface area contributed by atoms with Gasteiger partial charge in [-0.3, -0.25) is 4.79 Å². The van der Waals surface area contributed by atoms with Crippen molar-refractivity contribution in [1.82, 2.24) is 4.57 Å². The number of rotatable bonds is 5. The number of aromatic carboxylic acids is 1. The van der Waals surface area contributed by atoms with Gasteiger partial charge in [0.2, 0.25) is 5.43 Å². The van der Waals surface area contributed by atoms with Gasteiger partial charge in [0.25, 0.3) is 0 Å². The molecule has 0 amide bonds. The van der Waals surface area contributed by atoms with Crippen LogP contribution in [0.4, 0.5) is 14.5 Å². The van der Waals surface area contributed by atoms with E-state index >= 15 is 8.78 Å². The molecule has 2 atom stereocenters. The third kappa shape index (κ3) is 3.11. The number of aromatic nitrogens is 1. The summed E-state index contributed by atoms with van der Waals surface area (Å²) in [6.45, 7) is 0.977. The molecule has 0 bridgehead atoms. The average molecular weight is 429 g/mol.